The SMILES string of the molecule is COc1ccc([C@H]2CCCN2C(=O)[C@@H](C)Oc2ccc3c(c2)OCO3)c(OC)c1. The van der Waals surface area contributed by atoms with Crippen molar-refractivity contribution < 1.29 is 28.5 Å². The number of hydrogen-bond acceptors (Lipinski definition) is 6. The van der Waals surface area contributed by atoms with Crippen LogP contribution in [0.2, 0.25) is 0 Å². The third-order valence-corrected chi connectivity index (χ3v) is 5.34. The van der Waals surface area contributed by atoms with Crippen molar-refractivity contribution in [3.05, 3.63) is 42.0 Å². The van der Waals surface area contributed by atoms with Gasteiger partial charge >= 0.3 is 0 Å². The maximum absolute atomic E-state index is 13.2. The third kappa shape index (κ3) is 3.77. The highest BCUT2D eigenvalue weighted by atomic mass is 16.7. The Labute approximate surface area is 170 Å². The highest BCUT2D eigenvalue weighted by molar-refractivity contribution is 5.82. The van der Waals surface area contributed by atoms with Crippen molar-refractivity contribution in [3.63, 3.8) is 0 Å². The molecule has 154 valence electrons. The van der Waals surface area contributed by atoms with Crippen molar-refractivity contribution >= 4 is 5.91 Å². The van der Waals surface area contributed by atoms with E-state index in [4.69, 9.17) is 23.7 Å². The smallest absolute Gasteiger partial charge is 0.263 e. The molecule has 2 aromatic carbocycles. The van der Waals surface area contributed by atoms with Crippen LogP contribution < -0.4 is 23.7 Å². The van der Waals surface area contributed by atoms with E-state index in [9.17, 15) is 4.79 Å². The second-order valence-electron chi connectivity index (χ2n) is 7.07. The number of likely N-dealkylation sites (tertiary alicyclic amines) is 1. The van der Waals surface area contributed by atoms with Crippen LogP contribution in [0, 0.1) is 0 Å². The number of carbonyl (C=O) groups excluding carboxylic acids is 1. The molecule has 7 heteroatoms. The molecule has 1 fully saturated rings. The van der Waals surface area contributed by atoms with Crippen molar-refractivity contribution in [2.75, 3.05) is 27.6 Å². The lowest BCUT2D eigenvalue weighted by Gasteiger charge is -2.29. The summed E-state index contributed by atoms with van der Waals surface area (Å²) in [4.78, 5) is 15.0. The fraction of sp³-hybridized carbons (Fsp3) is 0.409. The van der Waals surface area contributed by atoms with Gasteiger partial charge in [-0.05, 0) is 44.0 Å². The van der Waals surface area contributed by atoms with Crippen molar-refractivity contribution in [2.24, 2.45) is 0 Å². The molecule has 2 heterocycles. The number of fused-ring (bicyclic) bond motifs is 1. The fourth-order valence-electron chi connectivity index (χ4n) is 3.89. The fourth-order valence-corrected chi connectivity index (χ4v) is 3.89. The topological polar surface area (TPSA) is 66.5 Å². The van der Waals surface area contributed by atoms with Gasteiger partial charge in [0.2, 0.25) is 6.79 Å². The lowest BCUT2D eigenvalue weighted by atomic mass is 10.0. The third-order valence-electron chi connectivity index (χ3n) is 5.34. The van der Waals surface area contributed by atoms with Gasteiger partial charge in [0.15, 0.2) is 17.6 Å². The van der Waals surface area contributed by atoms with Crippen LogP contribution in [0.25, 0.3) is 0 Å². The molecule has 29 heavy (non-hydrogen) atoms. The molecule has 7 nitrogen and oxygen atoms in total. The van der Waals surface area contributed by atoms with Gasteiger partial charge in [0, 0.05) is 24.2 Å². The summed E-state index contributed by atoms with van der Waals surface area (Å²) in [5.74, 6) is 3.28. The molecule has 2 aliphatic heterocycles. The molecule has 2 atom stereocenters. The summed E-state index contributed by atoms with van der Waals surface area (Å²) in [6.45, 7) is 2.66. The van der Waals surface area contributed by atoms with Crippen LogP contribution in [-0.4, -0.2) is 44.5 Å². The maximum Gasteiger partial charge on any atom is 0.263 e. The van der Waals surface area contributed by atoms with Gasteiger partial charge in [-0.25, -0.2) is 0 Å². The first-order valence-electron chi connectivity index (χ1n) is 9.69. The molecular formula is C22H25NO6. The number of methoxy groups -OCH3 is 2. The molecule has 2 aromatic rings. The number of carbonyl (C=O) groups is 1. The zero-order valence-electron chi connectivity index (χ0n) is 16.8. The number of ether oxygens (including phenoxy) is 5. The van der Waals surface area contributed by atoms with Gasteiger partial charge in [-0.2, -0.15) is 0 Å². The lowest BCUT2D eigenvalue weighted by molar-refractivity contribution is -0.139. The van der Waals surface area contributed by atoms with Gasteiger partial charge in [-0.15, -0.1) is 0 Å². The van der Waals surface area contributed by atoms with Gasteiger partial charge in [0.1, 0.15) is 17.2 Å². The predicted octanol–water partition coefficient (Wildman–Crippen LogP) is 3.56. The first-order valence-corrected chi connectivity index (χ1v) is 9.69. The van der Waals surface area contributed by atoms with Crippen LogP contribution in [0.15, 0.2) is 36.4 Å². The van der Waals surface area contributed by atoms with Crippen molar-refractivity contribution in [3.8, 4) is 28.7 Å². The molecule has 1 saturated heterocycles. The second kappa shape index (κ2) is 8.11. The molecule has 2 aliphatic rings. The van der Waals surface area contributed by atoms with Crippen LogP contribution in [0.4, 0.5) is 0 Å². The Morgan fingerprint density at radius 1 is 1.07 bits per heavy atom. The van der Waals surface area contributed by atoms with Gasteiger partial charge < -0.3 is 28.6 Å². The summed E-state index contributed by atoms with van der Waals surface area (Å²) in [7, 11) is 3.25. The Kier molecular flexibility index (Phi) is 5.38. The Hall–Kier alpha value is -3.09. The number of rotatable bonds is 6. The van der Waals surface area contributed by atoms with E-state index in [1.54, 1.807) is 39.3 Å². The second-order valence-corrected chi connectivity index (χ2v) is 7.07. The quantitative estimate of drug-likeness (QED) is 0.740. The van der Waals surface area contributed by atoms with E-state index >= 15 is 0 Å². The van der Waals surface area contributed by atoms with Gasteiger partial charge in [0.25, 0.3) is 5.91 Å². The van der Waals surface area contributed by atoms with Gasteiger partial charge in [-0.1, -0.05) is 0 Å². The van der Waals surface area contributed by atoms with Crippen LogP contribution >= 0.6 is 0 Å². The normalized spacial score (nSPS) is 18.4. The largest absolute Gasteiger partial charge is 0.497 e. The van der Waals surface area contributed by atoms with Crippen LogP contribution in [0.1, 0.15) is 31.4 Å². The average molecular weight is 399 g/mol. The molecule has 4 rings (SSSR count). The highest BCUT2D eigenvalue weighted by Crippen LogP contribution is 2.39. The Morgan fingerprint density at radius 3 is 2.66 bits per heavy atom. The minimum absolute atomic E-state index is 0.0499. The molecule has 0 unspecified atom stereocenters. The van der Waals surface area contributed by atoms with Crippen LogP contribution in [0.3, 0.4) is 0 Å². The first kappa shape index (κ1) is 19.2. The molecule has 0 saturated carbocycles. The minimum Gasteiger partial charge on any atom is -0.497 e. The van der Waals surface area contributed by atoms with Crippen LogP contribution in [0.5, 0.6) is 28.7 Å². The zero-order valence-corrected chi connectivity index (χ0v) is 16.8. The van der Waals surface area contributed by atoms with E-state index in [2.05, 4.69) is 0 Å². The summed E-state index contributed by atoms with van der Waals surface area (Å²) in [5.41, 5.74) is 0.981. The summed E-state index contributed by atoms with van der Waals surface area (Å²) in [5, 5.41) is 0. The zero-order chi connectivity index (χ0) is 20.4. The predicted molar refractivity (Wildman–Crippen MR) is 106 cm³/mol. The molecule has 0 bridgehead atoms. The summed E-state index contributed by atoms with van der Waals surface area (Å²) in [6.07, 6.45) is 1.19. The number of hydrogen-bond donors (Lipinski definition) is 0. The van der Waals surface area contributed by atoms with Gasteiger partial charge in [0.05, 0.1) is 20.3 Å². The summed E-state index contributed by atoms with van der Waals surface area (Å²) < 4.78 is 27.4. The first-order chi connectivity index (χ1) is 14.1. The Morgan fingerprint density at radius 2 is 1.86 bits per heavy atom. The molecular weight excluding hydrogens is 374 g/mol. The molecule has 0 aliphatic carbocycles. The summed E-state index contributed by atoms with van der Waals surface area (Å²) in [6, 6.07) is 11.0. The number of nitrogens with zero attached hydrogens (tertiary/aromatic N) is 1. The van der Waals surface area contributed by atoms with Crippen molar-refractivity contribution in [2.45, 2.75) is 31.9 Å². The van der Waals surface area contributed by atoms with Crippen molar-refractivity contribution in [1.82, 2.24) is 4.90 Å². The standard InChI is InChI=1S/C22H25NO6/c1-14(29-16-7-9-19-21(12-16)28-13-27-19)22(24)23-10-4-5-18(23)17-8-6-15(25-2)11-20(17)26-3/h6-9,11-12,14,18H,4-5,10,13H2,1-3H3/t14-,18-/m1/s1. The van der Waals surface area contributed by atoms with E-state index in [1.807, 2.05) is 23.1 Å². The van der Waals surface area contributed by atoms with E-state index < -0.39 is 6.10 Å². The number of amides is 1. The Bertz CT molecular complexity index is 899. The molecule has 1 amide bonds. The highest BCUT2D eigenvalue weighted by Gasteiger charge is 2.35. The van der Waals surface area contributed by atoms with Crippen LogP contribution in [-0.2, 0) is 4.79 Å². The van der Waals surface area contributed by atoms with E-state index in [-0.39, 0.29) is 18.7 Å². The van der Waals surface area contributed by atoms with Crippen molar-refractivity contribution in [1.29, 1.82) is 0 Å². The molecule has 0 N–H and O–H groups in total. The molecule has 0 aromatic heterocycles. The summed E-state index contributed by atoms with van der Waals surface area (Å²) >= 11 is 0. The van der Waals surface area contributed by atoms with E-state index in [0.717, 1.165) is 29.9 Å². The monoisotopic (exact) mass is 399 g/mol. The lowest BCUT2D eigenvalue weighted by Crippen LogP contribution is -2.40. The van der Waals surface area contributed by atoms with E-state index in [0.29, 0.717) is 23.8 Å². The molecule has 0 radical (unpaired) electrons. The minimum atomic E-state index is -0.625. The van der Waals surface area contributed by atoms with E-state index in [1.165, 1.54) is 0 Å². The van der Waals surface area contributed by atoms with Gasteiger partial charge in [-0.3, -0.25) is 4.79 Å². The average Bonchev–Trinajstić information content (AvgIpc) is 3.41. The molecule has 0 spiro atoms. The maximum atomic E-state index is 13.2. The number of benzene rings is 2. The Balaban J connectivity index is 1.50.